The third kappa shape index (κ3) is 2.89. The second-order valence-electron chi connectivity index (χ2n) is 6.89. The maximum absolute atomic E-state index is 10.4. The fourth-order valence-electron chi connectivity index (χ4n) is 3.90. The molecule has 29 heavy (non-hydrogen) atoms. The molecule has 0 fully saturated rings. The third-order valence-corrected chi connectivity index (χ3v) is 6.20. The highest BCUT2D eigenvalue weighted by Crippen LogP contribution is 2.51. The molecule has 0 saturated heterocycles. The minimum atomic E-state index is -0.353. The molecule has 6 nitrogen and oxygen atoms in total. The maximum Gasteiger partial charge on any atom is 0.223 e. The van der Waals surface area contributed by atoms with Crippen LogP contribution >= 0.6 is 11.3 Å². The summed E-state index contributed by atoms with van der Waals surface area (Å²) in [5.41, 5.74) is 2.50. The molecule has 2 atom stereocenters. The summed E-state index contributed by atoms with van der Waals surface area (Å²) in [5, 5.41) is 19.3. The number of rotatable bonds is 4. The predicted molar refractivity (Wildman–Crippen MR) is 111 cm³/mol. The average molecular weight is 408 g/mol. The first-order chi connectivity index (χ1) is 14.2. The summed E-state index contributed by atoms with van der Waals surface area (Å²) < 4.78 is 17.3. The van der Waals surface area contributed by atoms with Crippen LogP contribution in [-0.4, -0.2) is 30.0 Å². The van der Waals surface area contributed by atoms with Gasteiger partial charge in [-0.15, -0.1) is 11.3 Å². The van der Waals surface area contributed by atoms with Gasteiger partial charge in [0.05, 0.1) is 30.9 Å². The number of phenols is 1. The zero-order valence-corrected chi connectivity index (χ0v) is 16.8. The number of nitrogens with zero attached hydrogens (tertiary/aromatic N) is 2. The number of hydrogen-bond acceptors (Lipinski definition) is 7. The van der Waals surface area contributed by atoms with E-state index in [4.69, 9.17) is 19.3 Å². The zero-order chi connectivity index (χ0) is 20.0. The van der Waals surface area contributed by atoms with Gasteiger partial charge in [0.2, 0.25) is 6.23 Å². The maximum atomic E-state index is 10.4. The van der Waals surface area contributed by atoms with Crippen LogP contribution < -0.4 is 14.2 Å². The topological polar surface area (TPSA) is 63.5 Å². The van der Waals surface area contributed by atoms with Crippen LogP contribution in [0.2, 0.25) is 0 Å². The molecule has 5 rings (SSSR count). The lowest BCUT2D eigenvalue weighted by atomic mass is 9.95. The lowest BCUT2D eigenvalue weighted by Gasteiger charge is -2.38. The monoisotopic (exact) mass is 408 g/mol. The molecule has 0 bridgehead atoms. The minimum Gasteiger partial charge on any atom is -0.507 e. The van der Waals surface area contributed by atoms with E-state index in [1.807, 2.05) is 46.8 Å². The van der Waals surface area contributed by atoms with Crippen molar-refractivity contribution in [3.05, 3.63) is 69.9 Å². The molecule has 1 N–H and O–H groups in total. The molecule has 0 unspecified atom stereocenters. The quantitative estimate of drug-likeness (QED) is 0.677. The van der Waals surface area contributed by atoms with Crippen molar-refractivity contribution in [3.63, 3.8) is 0 Å². The Morgan fingerprint density at radius 2 is 2.03 bits per heavy atom. The molecule has 7 heteroatoms. The Labute approximate surface area is 172 Å². The van der Waals surface area contributed by atoms with Crippen molar-refractivity contribution in [2.45, 2.75) is 18.7 Å². The van der Waals surface area contributed by atoms with E-state index in [2.05, 4.69) is 0 Å². The third-order valence-electron chi connectivity index (χ3n) is 5.30. The van der Waals surface area contributed by atoms with Gasteiger partial charge in [0.1, 0.15) is 11.5 Å². The van der Waals surface area contributed by atoms with E-state index in [1.165, 1.54) is 0 Å². The highest BCUT2D eigenvalue weighted by Gasteiger charge is 2.42. The van der Waals surface area contributed by atoms with Crippen LogP contribution in [0.5, 0.6) is 23.0 Å². The van der Waals surface area contributed by atoms with Crippen molar-refractivity contribution >= 4 is 17.0 Å². The largest absolute Gasteiger partial charge is 0.507 e. The van der Waals surface area contributed by atoms with Crippen molar-refractivity contribution < 1.29 is 19.3 Å². The number of aromatic hydroxyl groups is 1. The van der Waals surface area contributed by atoms with Crippen LogP contribution in [-0.2, 0) is 0 Å². The van der Waals surface area contributed by atoms with Gasteiger partial charge in [0, 0.05) is 17.5 Å². The van der Waals surface area contributed by atoms with Gasteiger partial charge in [-0.3, -0.25) is 0 Å². The first-order valence-corrected chi connectivity index (χ1v) is 10.2. The predicted octanol–water partition coefficient (Wildman–Crippen LogP) is 4.71. The number of hydrazone groups is 1. The molecule has 2 aromatic carbocycles. The molecule has 3 aromatic rings. The Morgan fingerprint density at radius 1 is 1.14 bits per heavy atom. The highest BCUT2D eigenvalue weighted by molar-refractivity contribution is 7.10. The van der Waals surface area contributed by atoms with Crippen LogP contribution in [0.3, 0.4) is 0 Å². The second-order valence-corrected chi connectivity index (χ2v) is 7.87. The van der Waals surface area contributed by atoms with Gasteiger partial charge >= 0.3 is 0 Å². The van der Waals surface area contributed by atoms with Crippen molar-refractivity contribution in [1.82, 2.24) is 5.01 Å². The van der Waals surface area contributed by atoms with Gasteiger partial charge in [-0.1, -0.05) is 18.2 Å². The summed E-state index contributed by atoms with van der Waals surface area (Å²) in [4.78, 5) is 1.06. The van der Waals surface area contributed by atoms with Crippen molar-refractivity contribution in [1.29, 1.82) is 0 Å². The Hall–Kier alpha value is -3.19. The molecular weight excluding hydrogens is 388 g/mol. The van der Waals surface area contributed by atoms with Crippen molar-refractivity contribution in [3.8, 4) is 23.0 Å². The molecular formula is C22H20N2O4S. The van der Waals surface area contributed by atoms with Crippen LogP contribution in [0.25, 0.3) is 0 Å². The SMILES string of the molecule is COc1ccc(O)c(C2=NN3[C@H](C2)c2cccc(OC)c2O[C@H]3c2cccs2)c1. The smallest absolute Gasteiger partial charge is 0.223 e. The van der Waals surface area contributed by atoms with Gasteiger partial charge in [0.25, 0.3) is 0 Å². The van der Waals surface area contributed by atoms with Gasteiger partial charge in [-0.2, -0.15) is 5.10 Å². The normalized spacial score (nSPS) is 19.8. The Balaban J connectivity index is 1.62. The fraction of sp³-hybridized carbons (Fsp3) is 0.227. The van der Waals surface area contributed by atoms with E-state index in [1.54, 1.807) is 37.7 Å². The molecule has 2 aliphatic rings. The van der Waals surface area contributed by atoms with E-state index in [0.717, 1.165) is 21.9 Å². The number of para-hydroxylation sites is 1. The van der Waals surface area contributed by atoms with Crippen LogP contribution in [0.4, 0.5) is 0 Å². The lowest BCUT2D eigenvalue weighted by Crippen LogP contribution is -2.33. The lowest BCUT2D eigenvalue weighted by molar-refractivity contribution is -0.0184. The molecule has 0 aliphatic carbocycles. The first kappa shape index (κ1) is 17.9. The Kier molecular flexibility index (Phi) is 4.32. The number of fused-ring (bicyclic) bond motifs is 3. The summed E-state index contributed by atoms with van der Waals surface area (Å²) in [7, 11) is 3.26. The molecule has 0 amide bonds. The molecule has 148 valence electrons. The number of thiophene rings is 1. The molecule has 0 radical (unpaired) electrons. The van der Waals surface area contributed by atoms with Crippen LogP contribution in [0.1, 0.15) is 34.7 Å². The molecule has 2 aliphatic heterocycles. The molecule has 1 aromatic heterocycles. The van der Waals surface area contributed by atoms with Crippen LogP contribution in [0, 0.1) is 0 Å². The van der Waals surface area contributed by atoms with Gasteiger partial charge in [-0.25, -0.2) is 5.01 Å². The number of ether oxygens (including phenoxy) is 3. The summed E-state index contributed by atoms with van der Waals surface area (Å²) in [6.07, 6.45) is 0.292. The van der Waals surface area contributed by atoms with Crippen molar-refractivity contribution in [2.75, 3.05) is 14.2 Å². The van der Waals surface area contributed by atoms with Gasteiger partial charge < -0.3 is 19.3 Å². The summed E-state index contributed by atoms with van der Waals surface area (Å²) in [6, 6.07) is 15.1. The minimum absolute atomic E-state index is 0.0125. The first-order valence-electron chi connectivity index (χ1n) is 9.29. The van der Waals surface area contributed by atoms with E-state index >= 15 is 0 Å². The number of methoxy groups -OCH3 is 2. The summed E-state index contributed by atoms with van der Waals surface area (Å²) in [5.74, 6) is 2.32. The highest BCUT2D eigenvalue weighted by atomic mass is 32.1. The van der Waals surface area contributed by atoms with Gasteiger partial charge in [0.15, 0.2) is 11.5 Å². The number of hydrogen-bond donors (Lipinski definition) is 1. The van der Waals surface area contributed by atoms with Crippen molar-refractivity contribution in [2.24, 2.45) is 5.10 Å². The Morgan fingerprint density at radius 3 is 2.79 bits per heavy atom. The van der Waals surface area contributed by atoms with E-state index < -0.39 is 0 Å². The molecule has 3 heterocycles. The molecule has 0 spiro atoms. The number of benzene rings is 2. The zero-order valence-electron chi connectivity index (χ0n) is 16.0. The average Bonchev–Trinajstić information content (AvgIpc) is 3.43. The summed E-state index contributed by atoms with van der Waals surface area (Å²) >= 11 is 1.63. The second kappa shape index (κ2) is 7.00. The molecule has 0 saturated carbocycles. The number of phenolic OH excluding ortho intramolecular Hbond substituents is 1. The fourth-order valence-corrected chi connectivity index (χ4v) is 4.64. The van der Waals surface area contributed by atoms with E-state index in [-0.39, 0.29) is 18.0 Å². The summed E-state index contributed by atoms with van der Waals surface area (Å²) in [6.45, 7) is 0. The van der Waals surface area contributed by atoms with E-state index in [9.17, 15) is 5.11 Å². The van der Waals surface area contributed by atoms with Crippen LogP contribution in [0.15, 0.2) is 59.0 Å². The Bertz CT molecular complexity index is 1080. The standard InChI is InChI=1S/C22H20N2O4S/c1-26-13-8-9-18(25)15(11-13)16-12-17-14-5-3-6-19(27-2)21(14)28-22(24(17)23-16)20-7-4-10-29-20/h3-11,17,22,25H,12H2,1-2H3/t17-,22+/m1/s1. The van der Waals surface area contributed by atoms with Gasteiger partial charge in [-0.05, 0) is 35.7 Å². The van der Waals surface area contributed by atoms with E-state index in [0.29, 0.717) is 23.5 Å².